The molecule has 0 radical (unpaired) electrons. The summed E-state index contributed by atoms with van der Waals surface area (Å²) < 4.78 is 35.7. The fraction of sp³-hybridized carbons (Fsp3) is 1.00. The molecular weight excluding hydrogens is 257 g/mol. The zero-order valence-electron chi connectivity index (χ0n) is 12.5. The Morgan fingerprint density at radius 1 is 1.11 bits per heavy atom. The van der Waals surface area contributed by atoms with Gasteiger partial charge in [-0.2, -0.15) is 13.2 Å². The van der Waals surface area contributed by atoms with E-state index in [1.807, 2.05) is 27.7 Å². The first kappa shape index (κ1) is 21.0. The van der Waals surface area contributed by atoms with Crippen LogP contribution in [0.1, 0.15) is 40.5 Å². The Morgan fingerprint density at radius 3 is 1.95 bits per heavy atom. The summed E-state index contributed by atoms with van der Waals surface area (Å²) in [7, 11) is 0. The first-order valence-electron chi connectivity index (χ1n) is 7.07. The summed E-state index contributed by atoms with van der Waals surface area (Å²) in [5.41, 5.74) is -0.378. The third kappa shape index (κ3) is 10.2. The number of halogens is 3. The molecule has 0 atom stereocenters. The number of hydrogen-bond donors (Lipinski definition) is 3. The molecule has 3 N–H and O–H groups in total. The molecule has 19 heavy (non-hydrogen) atoms. The van der Waals surface area contributed by atoms with Gasteiger partial charge in [-0.05, 0) is 25.9 Å². The van der Waals surface area contributed by atoms with Crippen molar-refractivity contribution in [3.8, 4) is 0 Å². The topological polar surface area (TPSA) is 44.3 Å². The van der Waals surface area contributed by atoms with Gasteiger partial charge < -0.3 is 15.7 Å². The number of piperidine rings is 1. The smallest absolute Gasteiger partial charge is 0.396 e. The van der Waals surface area contributed by atoms with Crippen LogP contribution in [0.3, 0.4) is 0 Å². The molecule has 0 spiro atoms. The van der Waals surface area contributed by atoms with Crippen LogP contribution in [-0.2, 0) is 0 Å². The highest BCUT2D eigenvalue weighted by molar-refractivity contribution is 4.86. The van der Waals surface area contributed by atoms with E-state index in [4.69, 9.17) is 0 Å². The maximum atomic E-state index is 11.9. The van der Waals surface area contributed by atoms with E-state index in [-0.39, 0.29) is 18.6 Å². The van der Waals surface area contributed by atoms with Gasteiger partial charge in [0.05, 0.1) is 13.2 Å². The fourth-order valence-corrected chi connectivity index (χ4v) is 1.82. The van der Waals surface area contributed by atoms with Gasteiger partial charge >= 0.3 is 6.18 Å². The Labute approximate surface area is 115 Å². The monoisotopic (exact) mass is 286 g/mol. The van der Waals surface area contributed by atoms with Gasteiger partial charge in [0.15, 0.2) is 0 Å². The van der Waals surface area contributed by atoms with Crippen LogP contribution >= 0.6 is 0 Å². The van der Waals surface area contributed by atoms with Crippen molar-refractivity contribution in [2.75, 3.05) is 32.8 Å². The highest BCUT2D eigenvalue weighted by Gasteiger charge is 2.33. The molecule has 3 nitrogen and oxygen atoms in total. The van der Waals surface area contributed by atoms with Crippen molar-refractivity contribution in [3.05, 3.63) is 0 Å². The van der Waals surface area contributed by atoms with Crippen LogP contribution in [-0.4, -0.2) is 44.1 Å². The summed E-state index contributed by atoms with van der Waals surface area (Å²) in [6.07, 6.45) is -2.74. The molecule has 1 fully saturated rings. The minimum atomic E-state index is -4.18. The molecule has 1 aliphatic heterocycles. The first-order chi connectivity index (χ1) is 8.97. The molecule has 1 aliphatic rings. The molecule has 0 saturated carbocycles. The van der Waals surface area contributed by atoms with Gasteiger partial charge in [0, 0.05) is 12.0 Å². The number of nitrogens with one attached hydrogen (secondary N) is 2. The second kappa shape index (κ2) is 11.5. The van der Waals surface area contributed by atoms with Crippen LogP contribution in [0.25, 0.3) is 0 Å². The third-order valence-electron chi connectivity index (χ3n) is 2.83. The average molecular weight is 286 g/mol. The van der Waals surface area contributed by atoms with Crippen LogP contribution in [0.5, 0.6) is 0 Å². The van der Waals surface area contributed by atoms with Crippen molar-refractivity contribution >= 4 is 0 Å². The Balaban J connectivity index is 0. The Hall–Kier alpha value is -0.330. The van der Waals surface area contributed by atoms with E-state index < -0.39 is 12.7 Å². The first-order valence-corrected chi connectivity index (χ1v) is 7.07. The quantitative estimate of drug-likeness (QED) is 0.744. The van der Waals surface area contributed by atoms with Crippen molar-refractivity contribution in [1.29, 1.82) is 0 Å². The fourth-order valence-electron chi connectivity index (χ4n) is 1.82. The van der Waals surface area contributed by atoms with E-state index in [0.717, 1.165) is 13.1 Å². The Kier molecular flexibility index (Phi) is 12.7. The summed E-state index contributed by atoms with van der Waals surface area (Å²) in [5.74, 6) is 0. The van der Waals surface area contributed by atoms with Crippen molar-refractivity contribution in [2.45, 2.75) is 46.7 Å². The van der Waals surface area contributed by atoms with E-state index >= 15 is 0 Å². The van der Waals surface area contributed by atoms with E-state index in [0.29, 0.717) is 12.8 Å². The van der Waals surface area contributed by atoms with Crippen LogP contribution in [0.15, 0.2) is 0 Å². The average Bonchev–Trinajstić information content (AvgIpc) is 2.43. The van der Waals surface area contributed by atoms with E-state index in [2.05, 4.69) is 10.6 Å². The van der Waals surface area contributed by atoms with Gasteiger partial charge in [-0.25, -0.2) is 0 Å². The molecule has 0 amide bonds. The van der Waals surface area contributed by atoms with Crippen molar-refractivity contribution in [3.63, 3.8) is 0 Å². The highest BCUT2D eigenvalue weighted by Crippen LogP contribution is 2.27. The lowest BCUT2D eigenvalue weighted by Crippen LogP contribution is -2.47. The van der Waals surface area contributed by atoms with E-state index in [1.54, 1.807) is 0 Å². The van der Waals surface area contributed by atoms with Gasteiger partial charge in [0.1, 0.15) is 0 Å². The lowest BCUT2D eigenvalue weighted by Gasteiger charge is -2.36. The second-order valence-electron chi connectivity index (χ2n) is 4.13. The molecule has 0 aromatic carbocycles. The Morgan fingerprint density at radius 2 is 1.58 bits per heavy atom. The highest BCUT2D eigenvalue weighted by atomic mass is 19.4. The number of aliphatic hydroxyl groups is 1. The van der Waals surface area contributed by atoms with Gasteiger partial charge in [-0.15, -0.1) is 0 Å². The summed E-state index contributed by atoms with van der Waals surface area (Å²) in [6.45, 7) is 8.70. The van der Waals surface area contributed by atoms with Crippen molar-refractivity contribution < 1.29 is 18.3 Å². The summed E-state index contributed by atoms with van der Waals surface area (Å²) in [5, 5.41) is 14.7. The molecule has 0 unspecified atom stereocenters. The van der Waals surface area contributed by atoms with Crippen molar-refractivity contribution in [2.24, 2.45) is 5.41 Å². The van der Waals surface area contributed by atoms with Gasteiger partial charge in [-0.3, -0.25) is 0 Å². The standard InChI is InChI=1S/C9H17F3N2O.2C2H6/c10-9(11,12)6-14-5-8(7-15)1-3-13-4-2-8;2*1-2/h13-15H,1-7H2;2*1-2H3. The van der Waals surface area contributed by atoms with Crippen molar-refractivity contribution in [1.82, 2.24) is 10.6 Å². The zero-order chi connectivity index (χ0) is 15.4. The zero-order valence-corrected chi connectivity index (χ0v) is 12.5. The third-order valence-corrected chi connectivity index (χ3v) is 2.83. The van der Waals surface area contributed by atoms with Crippen LogP contribution in [0.2, 0.25) is 0 Å². The number of hydrogen-bond acceptors (Lipinski definition) is 3. The molecule has 6 heteroatoms. The van der Waals surface area contributed by atoms with E-state index in [9.17, 15) is 18.3 Å². The van der Waals surface area contributed by atoms with Gasteiger partial charge in [0.2, 0.25) is 0 Å². The molecular formula is C13H29F3N2O. The second-order valence-corrected chi connectivity index (χ2v) is 4.13. The molecule has 118 valence electrons. The summed E-state index contributed by atoms with van der Waals surface area (Å²) in [4.78, 5) is 0. The normalized spacial score (nSPS) is 17.7. The van der Waals surface area contributed by atoms with Crippen LogP contribution in [0.4, 0.5) is 13.2 Å². The maximum Gasteiger partial charge on any atom is 0.401 e. The molecule has 0 aliphatic carbocycles. The Bertz CT molecular complexity index is 193. The lowest BCUT2D eigenvalue weighted by atomic mass is 9.79. The molecule has 0 aromatic heterocycles. The number of rotatable bonds is 4. The van der Waals surface area contributed by atoms with Crippen LogP contribution < -0.4 is 10.6 Å². The van der Waals surface area contributed by atoms with Gasteiger partial charge in [0.25, 0.3) is 0 Å². The molecule has 1 heterocycles. The lowest BCUT2D eigenvalue weighted by molar-refractivity contribution is -0.126. The minimum absolute atomic E-state index is 0.0560. The van der Waals surface area contributed by atoms with Crippen LogP contribution in [0, 0.1) is 5.41 Å². The molecule has 0 bridgehead atoms. The summed E-state index contributed by atoms with van der Waals surface area (Å²) >= 11 is 0. The predicted octanol–water partition coefficient (Wildman–Crippen LogP) is 2.55. The number of aliphatic hydroxyl groups excluding tert-OH is 1. The van der Waals surface area contributed by atoms with E-state index in [1.165, 1.54) is 0 Å². The summed E-state index contributed by atoms with van der Waals surface area (Å²) in [6, 6.07) is 0. The molecule has 0 aromatic rings. The molecule has 1 rings (SSSR count). The SMILES string of the molecule is CC.CC.OCC1(CNCC(F)(F)F)CCNCC1. The molecule has 1 saturated heterocycles. The maximum absolute atomic E-state index is 11.9. The largest absolute Gasteiger partial charge is 0.401 e. The minimum Gasteiger partial charge on any atom is -0.396 e. The van der Waals surface area contributed by atoms with Gasteiger partial charge in [-0.1, -0.05) is 27.7 Å². The number of alkyl halides is 3. The predicted molar refractivity (Wildman–Crippen MR) is 73.2 cm³/mol.